The second kappa shape index (κ2) is 5.61. The molecule has 20 heavy (non-hydrogen) atoms. The fourth-order valence-electron chi connectivity index (χ4n) is 4.29. The van der Waals surface area contributed by atoms with Crippen LogP contribution in [0.3, 0.4) is 0 Å². The summed E-state index contributed by atoms with van der Waals surface area (Å²) in [5, 5.41) is 0. The Balaban J connectivity index is 1.92. The van der Waals surface area contributed by atoms with Gasteiger partial charge in [-0.05, 0) is 82.1 Å². The van der Waals surface area contributed by atoms with Crippen LogP contribution < -0.4 is 5.73 Å². The molecular weight excluding hydrogens is 246 g/mol. The van der Waals surface area contributed by atoms with Gasteiger partial charge in [0.15, 0.2) is 0 Å². The number of hydrogen-bond donors (Lipinski definition) is 1. The third kappa shape index (κ3) is 3.76. The van der Waals surface area contributed by atoms with E-state index < -0.39 is 0 Å². The van der Waals surface area contributed by atoms with E-state index >= 15 is 0 Å². The van der Waals surface area contributed by atoms with Gasteiger partial charge in [0.1, 0.15) is 0 Å². The van der Waals surface area contributed by atoms with Gasteiger partial charge in [-0.2, -0.15) is 0 Å². The van der Waals surface area contributed by atoms with Crippen LogP contribution in [-0.4, -0.2) is 18.2 Å². The summed E-state index contributed by atoms with van der Waals surface area (Å²) < 4.78 is 6.22. The molecule has 118 valence electrons. The van der Waals surface area contributed by atoms with Crippen molar-refractivity contribution in [3.05, 3.63) is 0 Å². The zero-order valence-corrected chi connectivity index (χ0v) is 14.3. The van der Waals surface area contributed by atoms with Crippen molar-refractivity contribution in [3.8, 4) is 0 Å². The van der Waals surface area contributed by atoms with Gasteiger partial charge in [-0.25, -0.2) is 0 Å². The molecule has 1 atom stereocenters. The molecule has 2 heteroatoms. The van der Waals surface area contributed by atoms with Crippen LogP contribution >= 0.6 is 0 Å². The van der Waals surface area contributed by atoms with E-state index in [2.05, 4.69) is 34.6 Å². The number of nitrogens with two attached hydrogens (primary N) is 1. The maximum atomic E-state index is 6.22. The Kier molecular flexibility index (Phi) is 4.57. The molecule has 0 bridgehead atoms. The zero-order chi connectivity index (χ0) is 15.0. The molecule has 0 aromatic heterocycles. The minimum Gasteiger partial charge on any atom is -0.372 e. The third-order valence-corrected chi connectivity index (χ3v) is 5.92. The lowest BCUT2D eigenvalue weighted by Gasteiger charge is -2.44. The van der Waals surface area contributed by atoms with E-state index in [0.29, 0.717) is 16.9 Å². The van der Waals surface area contributed by atoms with E-state index in [1.807, 2.05) is 0 Å². The van der Waals surface area contributed by atoms with Crippen molar-refractivity contribution in [1.29, 1.82) is 0 Å². The highest BCUT2D eigenvalue weighted by Crippen LogP contribution is 2.48. The van der Waals surface area contributed by atoms with E-state index in [1.165, 1.54) is 44.9 Å². The average molecular weight is 281 g/mol. The fourth-order valence-corrected chi connectivity index (χ4v) is 4.29. The van der Waals surface area contributed by atoms with Crippen molar-refractivity contribution >= 4 is 0 Å². The summed E-state index contributed by atoms with van der Waals surface area (Å²) in [5.41, 5.74) is 7.07. The van der Waals surface area contributed by atoms with Crippen molar-refractivity contribution in [3.63, 3.8) is 0 Å². The SMILES string of the molecule is CC1(C)CCC(CC2(CN)CCC(C(C)(C)C)CC2)O1. The molecule has 0 spiro atoms. The lowest BCUT2D eigenvalue weighted by atomic mass is 9.62. The van der Waals surface area contributed by atoms with Gasteiger partial charge in [0, 0.05) is 0 Å². The molecule has 0 aromatic rings. The molecule has 1 aliphatic heterocycles. The summed E-state index contributed by atoms with van der Waals surface area (Å²) in [4.78, 5) is 0. The highest BCUT2D eigenvalue weighted by atomic mass is 16.5. The summed E-state index contributed by atoms with van der Waals surface area (Å²) >= 11 is 0. The zero-order valence-electron chi connectivity index (χ0n) is 14.3. The molecule has 1 unspecified atom stereocenters. The Morgan fingerprint density at radius 1 is 1.05 bits per heavy atom. The third-order valence-electron chi connectivity index (χ3n) is 5.92. The minimum atomic E-state index is 0.0864. The fraction of sp³-hybridized carbons (Fsp3) is 1.00. The van der Waals surface area contributed by atoms with Gasteiger partial charge in [0.25, 0.3) is 0 Å². The van der Waals surface area contributed by atoms with E-state index in [4.69, 9.17) is 10.5 Å². The second-order valence-corrected chi connectivity index (χ2v) is 9.09. The number of rotatable bonds is 3. The first-order chi connectivity index (χ1) is 9.16. The number of hydrogen-bond acceptors (Lipinski definition) is 2. The van der Waals surface area contributed by atoms with Crippen molar-refractivity contribution in [2.75, 3.05) is 6.54 Å². The molecule has 2 aliphatic rings. The predicted molar refractivity (Wildman–Crippen MR) is 85.7 cm³/mol. The molecule has 0 aromatic carbocycles. The second-order valence-electron chi connectivity index (χ2n) is 9.09. The first-order valence-corrected chi connectivity index (χ1v) is 8.54. The van der Waals surface area contributed by atoms with Gasteiger partial charge in [0.2, 0.25) is 0 Å². The van der Waals surface area contributed by atoms with Crippen LogP contribution in [0, 0.1) is 16.7 Å². The van der Waals surface area contributed by atoms with Gasteiger partial charge in [-0.1, -0.05) is 20.8 Å². The Morgan fingerprint density at radius 3 is 2.05 bits per heavy atom. The molecule has 1 heterocycles. The van der Waals surface area contributed by atoms with Gasteiger partial charge < -0.3 is 10.5 Å². The van der Waals surface area contributed by atoms with E-state index in [9.17, 15) is 0 Å². The molecule has 2 nitrogen and oxygen atoms in total. The van der Waals surface area contributed by atoms with Crippen molar-refractivity contribution < 1.29 is 4.74 Å². The van der Waals surface area contributed by atoms with Gasteiger partial charge in [-0.3, -0.25) is 0 Å². The first-order valence-electron chi connectivity index (χ1n) is 8.54. The Hall–Kier alpha value is -0.0800. The van der Waals surface area contributed by atoms with Gasteiger partial charge in [0.05, 0.1) is 11.7 Å². The summed E-state index contributed by atoms with van der Waals surface area (Å²) in [5.74, 6) is 0.864. The largest absolute Gasteiger partial charge is 0.372 e. The average Bonchev–Trinajstić information content (AvgIpc) is 2.68. The smallest absolute Gasteiger partial charge is 0.0631 e. The summed E-state index contributed by atoms with van der Waals surface area (Å²) in [6, 6.07) is 0. The maximum Gasteiger partial charge on any atom is 0.0631 e. The monoisotopic (exact) mass is 281 g/mol. The van der Waals surface area contributed by atoms with Gasteiger partial charge in [-0.15, -0.1) is 0 Å². The topological polar surface area (TPSA) is 35.2 Å². The van der Waals surface area contributed by atoms with Crippen molar-refractivity contribution in [2.45, 2.75) is 91.3 Å². The molecule has 2 fully saturated rings. The van der Waals surface area contributed by atoms with Crippen LogP contribution in [0.2, 0.25) is 0 Å². The molecule has 2 rings (SSSR count). The van der Waals surface area contributed by atoms with Crippen LogP contribution in [0.25, 0.3) is 0 Å². The van der Waals surface area contributed by atoms with E-state index in [1.54, 1.807) is 0 Å². The first kappa shape index (κ1) is 16.3. The lowest BCUT2D eigenvalue weighted by Crippen LogP contribution is -2.40. The molecule has 1 saturated heterocycles. The maximum absolute atomic E-state index is 6.22. The van der Waals surface area contributed by atoms with E-state index in [-0.39, 0.29) is 5.60 Å². The summed E-state index contributed by atoms with van der Waals surface area (Å²) in [6.07, 6.45) is 9.33. The van der Waals surface area contributed by atoms with Gasteiger partial charge >= 0.3 is 0 Å². The van der Waals surface area contributed by atoms with Crippen molar-refractivity contribution in [2.24, 2.45) is 22.5 Å². The summed E-state index contributed by atoms with van der Waals surface area (Å²) in [6.45, 7) is 12.4. The molecule has 1 aliphatic carbocycles. The quantitative estimate of drug-likeness (QED) is 0.825. The Morgan fingerprint density at radius 2 is 1.65 bits per heavy atom. The lowest BCUT2D eigenvalue weighted by molar-refractivity contribution is -0.0445. The minimum absolute atomic E-state index is 0.0864. The molecule has 2 N–H and O–H groups in total. The van der Waals surface area contributed by atoms with Crippen molar-refractivity contribution in [1.82, 2.24) is 0 Å². The molecular formula is C18H35NO. The van der Waals surface area contributed by atoms with Crippen LogP contribution in [0.1, 0.15) is 79.6 Å². The normalized spacial score (nSPS) is 38.1. The van der Waals surface area contributed by atoms with Crippen LogP contribution in [0.5, 0.6) is 0 Å². The Bertz CT molecular complexity index is 321. The predicted octanol–water partition coefficient (Wildman–Crippen LogP) is 4.52. The molecule has 1 saturated carbocycles. The van der Waals surface area contributed by atoms with Crippen LogP contribution in [-0.2, 0) is 4.74 Å². The number of ether oxygens (including phenoxy) is 1. The summed E-state index contributed by atoms with van der Waals surface area (Å²) in [7, 11) is 0. The van der Waals surface area contributed by atoms with Crippen LogP contribution in [0.15, 0.2) is 0 Å². The highest BCUT2D eigenvalue weighted by Gasteiger charge is 2.42. The Labute approximate surface area is 125 Å². The standard InChI is InChI=1S/C18H35NO/c1-16(2,3)14-6-10-18(13-19,11-7-14)12-15-8-9-17(4,5)20-15/h14-15H,6-13,19H2,1-5H3. The van der Waals surface area contributed by atoms with E-state index in [0.717, 1.165) is 12.5 Å². The molecule has 0 radical (unpaired) electrons. The highest BCUT2D eigenvalue weighted by molar-refractivity contribution is 4.93. The van der Waals surface area contributed by atoms with Crippen LogP contribution in [0.4, 0.5) is 0 Å². The molecule has 0 amide bonds.